The fourth-order valence-corrected chi connectivity index (χ4v) is 7.31. The molecule has 0 saturated heterocycles. The maximum absolute atomic E-state index is 12.9. The van der Waals surface area contributed by atoms with Gasteiger partial charge in [0.25, 0.3) is 0 Å². The van der Waals surface area contributed by atoms with Crippen LogP contribution in [0.3, 0.4) is 0 Å². The van der Waals surface area contributed by atoms with Crippen LogP contribution in [0.2, 0.25) is 0 Å². The Morgan fingerprint density at radius 1 is 0.296 bits per heavy atom. The molecule has 0 heterocycles. The van der Waals surface area contributed by atoms with Gasteiger partial charge in [0.05, 0.1) is 0 Å². The quantitative estimate of drug-likeness (QED) is 0.0262. The average Bonchev–Trinajstić information content (AvgIpc) is 3.37. The van der Waals surface area contributed by atoms with E-state index in [0.29, 0.717) is 19.3 Å². The smallest absolute Gasteiger partial charge is 0.306 e. The van der Waals surface area contributed by atoms with E-state index in [-0.39, 0.29) is 44.0 Å². The molecule has 0 aromatic carbocycles. The summed E-state index contributed by atoms with van der Waals surface area (Å²) in [6.45, 7) is 6.39. The van der Waals surface area contributed by atoms with Crippen LogP contribution < -0.4 is 0 Å². The maximum Gasteiger partial charge on any atom is 0.306 e. The first kappa shape index (κ1) is 66.6. The van der Waals surface area contributed by atoms with Gasteiger partial charge in [0.15, 0.2) is 6.10 Å². The standard InChI is InChI=1S/C65H104O6/c1-4-7-10-13-16-19-22-25-28-31-32-35-38-41-44-47-50-53-56-59-65(68)71-62(60-69-63(66)57-54-51-48-45-42-39-36-33-29-26-23-20-17-14-11-8-5-2)61-70-64(67)58-55-52-49-46-43-40-37-34-30-27-24-21-18-15-12-9-6-3/h8,11,16-17,19-20,25-30,32,35-37,39-41,44,46,49,62H,4-7,9-10,12-15,18,21-24,31,33-34,38,42-43,45,47-48,50-61H2,1-3H3/b11-8-,19-16-,20-17-,28-25-,29-26-,30-27-,35-32-,39-36-,40-37-,44-41-,49-46-/t62-/m1/s1. The second kappa shape index (κ2) is 58.1. The van der Waals surface area contributed by atoms with Crippen LogP contribution in [0.4, 0.5) is 0 Å². The summed E-state index contributed by atoms with van der Waals surface area (Å²) >= 11 is 0. The molecule has 0 radical (unpaired) electrons. The van der Waals surface area contributed by atoms with Crippen molar-refractivity contribution in [2.45, 2.75) is 245 Å². The fraction of sp³-hybridized carbons (Fsp3) is 0.615. The van der Waals surface area contributed by atoms with Crippen LogP contribution in [0.1, 0.15) is 239 Å². The van der Waals surface area contributed by atoms with Gasteiger partial charge in [0, 0.05) is 19.3 Å². The largest absolute Gasteiger partial charge is 0.462 e. The normalized spacial score (nSPS) is 13.1. The zero-order chi connectivity index (χ0) is 51.4. The van der Waals surface area contributed by atoms with Crippen LogP contribution in [-0.2, 0) is 28.6 Å². The Labute approximate surface area is 436 Å². The van der Waals surface area contributed by atoms with Gasteiger partial charge in [-0.15, -0.1) is 0 Å². The molecule has 0 fully saturated rings. The third-order valence-corrected chi connectivity index (χ3v) is 11.6. The number of unbranched alkanes of at least 4 members (excludes halogenated alkanes) is 17. The minimum atomic E-state index is -0.831. The molecule has 0 aliphatic carbocycles. The van der Waals surface area contributed by atoms with E-state index in [2.05, 4.69) is 154 Å². The highest BCUT2D eigenvalue weighted by Crippen LogP contribution is 2.12. The summed E-state index contributed by atoms with van der Waals surface area (Å²) in [6.07, 6.45) is 81.6. The monoisotopic (exact) mass is 981 g/mol. The van der Waals surface area contributed by atoms with Gasteiger partial charge >= 0.3 is 17.9 Å². The van der Waals surface area contributed by atoms with Gasteiger partial charge in [-0.2, -0.15) is 0 Å². The topological polar surface area (TPSA) is 78.9 Å². The first-order chi connectivity index (χ1) is 35.0. The van der Waals surface area contributed by atoms with Crippen molar-refractivity contribution >= 4 is 17.9 Å². The van der Waals surface area contributed by atoms with Crippen molar-refractivity contribution in [2.75, 3.05) is 13.2 Å². The number of esters is 3. The summed E-state index contributed by atoms with van der Waals surface area (Å²) in [6, 6.07) is 0. The second-order valence-corrected chi connectivity index (χ2v) is 18.5. The van der Waals surface area contributed by atoms with E-state index in [0.717, 1.165) is 116 Å². The third-order valence-electron chi connectivity index (χ3n) is 11.6. The van der Waals surface area contributed by atoms with E-state index in [9.17, 15) is 14.4 Å². The van der Waals surface area contributed by atoms with E-state index in [1.54, 1.807) is 0 Å². The van der Waals surface area contributed by atoms with Crippen molar-refractivity contribution in [2.24, 2.45) is 0 Å². The Morgan fingerprint density at radius 3 is 0.958 bits per heavy atom. The molecule has 6 heteroatoms. The Balaban J connectivity index is 4.59. The lowest BCUT2D eigenvalue weighted by Crippen LogP contribution is -2.30. The molecule has 0 rings (SSSR count). The molecule has 1 atom stereocenters. The molecule has 0 aromatic rings. The molecule has 0 unspecified atom stereocenters. The number of hydrogen-bond acceptors (Lipinski definition) is 6. The first-order valence-corrected chi connectivity index (χ1v) is 28.7. The van der Waals surface area contributed by atoms with Crippen LogP contribution >= 0.6 is 0 Å². The fourth-order valence-electron chi connectivity index (χ4n) is 7.31. The Bertz CT molecular complexity index is 1550. The van der Waals surface area contributed by atoms with Gasteiger partial charge in [-0.05, 0) is 135 Å². The Morgan fingerprint density at radius 2 is 0.563 bits per heavy atom. The molecular weight excluding hydrogens is 877 g/mol. The molecule has 0 aliphatic rings. The van der Waals surface area contributed by atoms with E-state index >= 15 is 0 Å². The maximum atomic E-state index is 12.9. The molecule has 0 spiro atoms. The van der Waals surface area contributed by atoms with Gasteiger partial charge in [0.2, 0.25) is 0 Å². The third kappa shape index (κ3) is 56.3. The molecule has 0 N–H and O–H groups in total. The van der Waals surface area contributed by atoms with Gasteiger partial charge < -0.3 is 14.2 Å². The number of rotatable bonds is 50. The molecule has 0 aromatic heterocycles. The number of carbonyl (C=O) groups excluding carboxylic acids is 3. The molecule has 0 bridgehead atoms. The van der Waals surface area contributed by atoms with Crippen LogP contribution in [0.5, 0.6) is 0 Å². The average molecular weight is 982 g/mol. The van der Waals surface area contributed by atoms with Gasteiger partial charge in [0.1, 0.15) is 13.2 Å². The summed E-state index contributed by atoms with van der Waals surface area (Å²) in [4.78, 5) is 38.1. The highest BCUT2D eigenvalue weighted by Gasteiger charge is 2.19. The predicted molar refractivity (Wildman–Crippen MR) is 306 cm³/mol. The van der Waals surface area contributed by atoms with Gasteiger partial charge in [-0.25, -0.2) is 0 Å². The van der Waals surface area contributed by atoms with E-state index in [1.165, 1.54) is 70.6 Å². The molecular formula is C65H104O6. The molecule has 71 heavy (non-hydrogen) atoms. The van der Waals surface area contributed by atoms with Crippen LogP contribution in [0, 0.1) is 0 Å². The number of carbonyl (C=O) groups is 3. The van der Waals surface area contributed by atoms with E-state index in [1.807, 2.05) is 0 Å². The zero-order valence-electron chi connectivity index (χ0n) is 45.7. The van der Waals surface area contributed by atoms with E-state index in [4.69, 9.17) is 14.2 Å². The summed E-state index contributed by atoms with van der Waals surface area (Å²) in [5, 5.41) is 0. The summed E-state index contributed by atoms with van der Waals surface area (Å²) in [5.41, 5.74) is 0. The number of hydrogen-bond donors (Lipinski definition) is 0. The lowest BCUT2D eigenvalue weighted by molar-refractivity contribution is -0.167. The first-order valence-electron chi connectivity index (χ1n) is 28.7. The minimum absolute atomic E-state index is 0.124. The van der Waals surface area contributed by atoms with Crippen molar-refractivity contribution < 1.29 is 28.6 Å². The van der Waals surface area contributed by atoms with Crippen molar-refractivity contribution in [3.63, 3.8) is 0 Å². The molecule has 0 saturated carbocycles. The van der Waals surface area contributed by atoms with Crippen LogP contribution in [-0.4, -0.2) is 37.2 Å². The van der Waals surface area contributed by atoms with Gasteiger partial charge in [-0.1, -0.05) is 219 Å². The zero-order valence-corrected chi connectivity index (χ0v) is 45.7. The van der Waals surface area contributed by atoms with Gasteiger partial charge in [-0.3, -0.25) is 14.4 Å². The number of allylic oxidation sites excluding steroid dienone is 22. The summed E-state index contributed by atoms with van der Waals surface area (Å²) in [7, 11) is 0. The van der Waals surface area contributed by atoms with Crippen molar-refractivity contribution in [1.29, 1.82) is 0 Å². The molecule has 6 nitrogen and oxygen atoms in total. The summed E-state index contributed by atoms with van der Waals surface area (Å²) < 4.78 is 16.8. The SMILES string of the molecule is CC/C=C\C/C=C\C/C=C\C/C=C\CCCCCCC(=O)OC[C@H](COC(=O)CCC/C=C\C/C=C\C/C=C\CCCCCCCC)OC(=O)CCCCC/C=C\C/C=C\C/C=C\C/C=C\CCCCC. The molecule has 0 aliphatic heterocycles. The number of ether oxygens (including phenoxy) is 3. The van der Waals surface area contributed by atoms with Crippen LogP contribution in [0.25, 0.3) is 0 Å². The van der Waals surface area contributed by atoms with Crippen LogP contribution in [0.15, 0.2) is 134 Å². The highest BCUT2D eigenvalue weighted by atomic mass is 16.6. The Hall–Kier alpha value is -4.45. The van der Waals surface area contributed by atoms with E-state index < -0.39 is 6.10 Å². The minimum Gasteiger partial charge on any atom is -0.462 e. The highest BCUT2D eigenvalue weighted by molar-refractivity contribution is 5.71. The van der Waals surface area contributed by atoms with Crippen molar-refractivity contribution in [3.05, 3.63) is 134 Å². The summed E-state index contributed by atoms with van der Waals surface area (Å²) in [5.74, 6) is -1.04. The lowest BCUT2D eigenvalue weighted by atomic mass is 10.1. The molecule has 400 valence electrons. The van der Waals surface area contributed by atoms with Crippen molar-refractivity contribution in [3.8, 4) is 0 Å². The second-order valence-electron chi connectivity index (χ2n) is 18.5. The predicted octanol–water partition coefficient (Wildman–Crippen LogP) is 19.4. The van der Waals surface area contributed by atoms with Crippen molar-refractivity contribution in [1.82, 2.24) is 0 Å². The lowest BCUT2D eigenvalue weighted by Gasteiger charge is -2.18. The molecule has 0 amide bonds. The Kier molecular flexibility index (Phi) is 54.5.